The van der Waals surface area contributed by atoms with Crippen LogP contribution in [0.1, 0.15) is 30.4 Å². The molecule has 0 aromatic heterocycles. The highest BCUT2D eigenvalue weighted by Crippen LogP contribution is 2.31. The van der Waals surface area contributed by atoms with Crippen molar-refractivity contribution in [2.45, 2.75) is 31.2 Å². The molecule has 0 fully saturated rings. The number of aliphatic hydroxyl groups excluding tert-OH is 1. The third kappa shape index (κ3) is 1.56. The van der Waals surface area contributed by atoms with Gasteiger partial charge in [-0.3, -0.25) is 0 Å². The standard InChI is InChI=1S/C12H17NO/c13-12(9-14)8-4-3-6-10-5-1-2-7-11(10)12/h1-2,5,7,14H,3-4,6,8-9,13H2. The van der Waals surface area contributed by atoms with Gasteiger partial charge in [0.25, 0.3) is 0 Å². The first-order valence-corrected chi connectivity index (χ1v) is 5.24. The number of benzene rings is 1. The van der Waals surface area contributed by atoms with Crippen LogP contribution in [0.5, 0.6) is 0 Å². The van der Waals surface area contributed by atoms with Gasteiger partial charge in [0.15, 0.2) is 0 Å². The van der Waals surface area contributed by atoms with Crippen molar-refractivity contribution in [3.63, 3.8) is 0 Å². The molecule has 1 atom stereocenters. The van der Waals surface area contributed by atoms with Crippen molar-refractivity contribution in [1.29, 1.82) is 0 Å². The van der Waals surface area contributed by atoms with Crippen molar-refractivity contribution in [2.75, 3.05) is 6.61 Å². The van der Waals surface area contributed by atoms with E-state index in [1.54, 1.807) is 0 Å². The maximum atomic E-state index is 9.40. The Bertz CT molecular complexity index is 324. The largest absolute Gasteiger partial charge is 0.394 e. The quantitative estimate of drug-likeness (QED) is 0.662. The van der Waals surface area contributed by atoms with Crippen molar-refractivity contribution in [1.82, 2.24) is 0 Å². The first kappa shape index (κ1) is 9.69. The molecule has 0 amide bonds. The first-order valence-electron chi connectivity index (χ1n) is 5.24. The summed E-state index contributed by atoms with van der Waals surface area (Å²) in [5, 5.41) is 9.40. The van der Waals surface area contributed by atoms with Gasteiger partial charge in [0, 0.05) is 0 Å². The first-order chi connectivity index (χ1) is 6.76. The van der Waals surface area contributed by atoms with Crippen LogP contribution in [0, 0.1) is 0 Å². The lowest BCUT2D eigenvalue weighted by atomic mass is 9.86. The summed E-state index contributed by atoms with van der Waals surface area (Å²) < 4.78 is 0. The van der Waals surface area contributed by atoms with E-state index >= 15 is 0 Å². The van der Waals surface area contributed by atoms with E-state index in [2.05, 4.69) is 12.1 Å². The molecule has 0 bridgehead atoms. The van der Waals surface area contributed by atoms with Crippen LogP contribution >= 0.6 is 0 Å². The van der Waals surface area contributed by atoms with E-state index in [0.29, 0.717) is 0 Å². The van der Waals surface area contributed by atoms with Crippen LogP contribution in [-0.4, -0.2) is 11.7 Å². The lowest BCUT2D eigenvalue weighted by Gasteiger charge is -2.27. The predicted octanol–water partition coefficient (Wildman–Crippen LogP) is 1.56. The van der Waals surface area contributed by atoms with Gasteiger partial charge in [-0.15, -0.1) is 0 Å². The van der Waals surface area contributed by atoms with E-state index in [0.717, 1.165) is 24.8 Å². The Morgan fingerprint density at radius 2 is 2.07 bits per heavy atom. The maximum absolute atomic E-state index is 9.40. The Balaban J connectivity index is 2.47. The van der Waals surface area contributed by atoms with Gasteiger partial charge in [0.05, 0.1) is 12.1 Å². The molecule has 76 valence electrons. The Hall–Kier alpha value is -0.860. The molecule has 0 heterocycles. The molecule has 0 saturated heterocycles. The number of aryl methyl sites for hydroxylation is 1. The Morgan fingerprint density at radius 3 is 2.86 bits per heavy atom. The van der Waals surface area contributed by atoms with Gasteiger partial charge in [-0.05, 0) is 30.4 Å². The van der Waals surface area contributed by atoms with Crippen molar-refractivity contribution in [2.24, 2.45) is 5.73 Å². The molecular weight excluding hydrogens is 174 g/mol. The summed E-state index contributed by atoms with van der Waals surface area (Å²) >= 11 is 0. The number of hydrogen-bond donors (Lipinski definition) is 2. The number of aliphatic hydroxyl groups is 1. The third-order valence-corrected chi connectivity index (χ3v) is 3.15. The van der Waals surface area contributed by atoms with Crippen molar-refractivity contribution in [3.8, 4) is 0 Å². The Kier molecular flexibility index (Phi) is 2.57. The minimum Gasteiger partial charge on any atom is -0.394 e. The lowest BCUT2D eigenvalue weighted by Crippen LogP contribution is -2.40. The zero-order valence-electron chi connectivity index (χ0n) is 8.37. The fourth-order valence-corrected chi connectivity index (χ4v) is 2.28. The van der Waals surface area contributed by atoms with E-state index < -0.39 is 5.54 Å². The molecule has 3 N–H and O–H groups in total. The SMILES string of the molecule is NC1(CO)CCCCc2ccccc21. The number of rotatable bonds is 1. The number of nitrogens with two attached hydrogens (primary N) is 1. The summed E-state index contributed by atoms with van der Waals surface area (Å²) in [7, 11) is 0. The van der Waals surface area contributed by atoms with E-state index in [-0.39, 0.29) is 6.61 Å². The Morgan fingerprint density at radius 1 is 1.29 bits per heavy atom. The van der Waals surface area contributed by atoms with Gasteiger partial charge < -0.3 is 10.8 Å². The van der Waals surface area contributed by atoms with Crippen LogP contribution in [0.4, 0.5) is 0 Å². The highest BCUT2D eigenvalue weighted by atomic mass is 16.3. The molecule has 1 aromatic carbocycles. The summed E-state index contributed by atoms with van der Waals surface area (Å²) in [5.74, 6) is 0. The average Bonchev–Trinajstić information content (AvgIpc) is 2.40. The van der Waals surface area contributed by atoms with E-state index in [4.69, 9.17) is 5.73 Å². The highest BCUT2D eigenvalue weighted by Gasteiger charge is 2.29. The second kappa shape index (κ2) is 3.71. The van der Waals surface area contributed by atoms with E-state index in [1.807, 2.05) is 12.1 Å². The van der Waals surface area contributed by atoms with Crippen LogP contribution < -0.4 is 5.73 Å². The fraction of sp³-hybridized carbons (Fsp3) is 0.500. The van der Waals surface area contributed by atoms with Crippen LogP contribution in [0.25, 0.3) is 0 Å². The maximum Gasteiger partial charge on any atom is 0.0653 e. The van der Waals surface area contributed by atoms with Gasteiger partial charge in [0.1, 0.15) is 0 Å². The topological polar surface area (TPSA) is 46.2 Å². The van der Waals surface area contributed by atoms with E-state index in [9.17, 15) is 5.11 Å². The van der Waals surface area contributed by atoms with Gasteiger partial charge >= 0.3 is 0 Å². The summed E-state index contributed by atoms with van der Waals surface area (Å²) in [4.78, 5) is 0. The van der Waals surface area contributed by atoms with Crippen molar-refractivity contribution < 1.29 is 5.11 Å². The Labute approximate surface area is 84.7 Å². The smallest absolute Gasteiger partial charge is 0.0653 e. The van der Waals surface area contributed by atoms with Gasteiger partial charge in [-0.25, -0.2) is 0 Å². The molecule has 1 aliphatic carbocycles. The van der Waals surface area contributed by atoms with Gasteiger partial charge in [0.2, 0.25) is 0 Å². The molecule has 2 rings (SSSR count). The lowest BCUT2D eigenvalue weighted by molar-refractivity contribution is 0.187. The summed E-state index contributed by atoms with van der Waals surface area (Å²) in [5.41, 5.74) is 8.16. The van der Waals surface area contributed by atoms with Gasteiger partial charge in [-0.1, -0.05) is 30.7 Å². The molecule has 14 heavy (non-hydrogen) atoms. The minimum absolute atomic E-state index is 0.0456. The third-order valence-electron chi connectivity index (χ3n) is 3.15. The summed E-state index contributed by atoms with van der Waals surface area (Å²) in [6.07, 6.45) is 4.26. The molecule has 0 radical (unpaired) electrons. The van der Waals surface area contributed by atoms with Crippen LogP contribution in [-0.2, 0) is 12.0 Å². The zero-order chi connectivity index (χ0) is 10.0. The second-order valence-electron chi connectivity index (χ2n) is 4.18. The van der Waals surface area contributed by atoms with E-state index in [1.165, 1.54) is 12.0 Å². The highest BCUT2D eigenvalue weighted by molar-refractivity contribution is 5.34. The molecule has 0 aliphatic heterocycles. The zero-order valence-corrected chi connectivity index (χ0v) is 8.37. The predicted molar refractivity (Wildman–Crippen MR) is 56.9 cm³/mol. The number of fused-ring (bicyclic) bond motifs is 1. The van der Waals surface area contributed by atoms with Crippen LogP contribution in [0.15, 0.2) is 24.3 Å². The summed E-state index contributed by atoms with van der Waals surface area (Å²) in [6, 6.07) is 8.22. The molecule has 2 nitrogen and oxygen atoms in total. The fourth-order valence-electron chi connectivity index (χ4n) is 2.28. The number of hydrogen-bond acceptors (Lipinski definition) is 2. The summed E-state index contributed by atoms with van der Waals surface area (Å²) in [6.45, 7) is 0.0456. The molecule has 1 aromatic rings. The minimum atomic E-state index is -0.507. The van der Waals surface area contributed by atoms with Crippen molar-refractivity contribution >= 4 is 0 Å². The molecule has 1 unspecified atom stereocenters. The molecule has 0 saturated carbocycles. The average molecular weight is 191 g/mol. The molecule has 2 heteroatoms. The second-order valence-corrected chi connectivity index (χ2v) is 4.18. The normalized spacial score (nSPS) is 26.7. The molecule has 0 spiro atoms. The molecular formula is C12H17NO. The molecule has 1 aliphatic rings. The van der Waals surface area contributed by atoms with Crippen molar-refractivity contribution in [3.05, 3.63) is 35.4 Å². The van der Waals surface area contributed by atoms with Crippen LogP contribution in [0.3, 0.4) is 0 Å². The monoisotopic (exact) mass is 191 g/mol. The van der Waals surface area contributed by atoms with Crippen LogP contribution in [0.2, 0.25) is 0 Å². The van der Waals surface area contributed by atoms with Gasteiger partial charge in [-0.2, -0.15) is 0 Å².